The molecule has 3 heterocycles. The molecule has 0 saturated carbocycles. The van der Waals surface area contributed by atoms with Crippen molar-refractivity contribution in [1.82, 2.24) is 19.4 Å². The van der Waals surface area contributed by atoms with Gasteiger partial charge in [0.15, 0.2) is 5.76 Å². The van der Waals surface area contributed by atoms with E-state index in [-0.39, 0.29) is 10.8 Å². The van der Waals surface area contributed by atoms with Gasteiger partial charge in [0.05, 0.1) is 21.6 Å². The number of nitrogens with zero attached hydrogens (tertiary/aromatic N) is 3. The van der Waals surface area contributed by atoms with Crippen molar-refractivity contribution in [3.05, 3.63) is 53.5 Å². The first kappa shape index (κ1) is 17.9. The second-order valence-corrected chi connectivity index (χ2v) is 9.39. The Labute approximate surface area is 160 Å². The molecular weight excluding hydrogens is 384 g/mol. The van der Waals surface area contributed by atoms with E-state index in [0.29, 0.717) is 5.76 Å². The monoisotopic (exact) mass is 402 g/mol. The fourth-order valence-electron chi connectivity index (χ4n) is 2.80. The normalized spacial score (nSPS) is 12.1. The van der Waals surface area contributed by atoms with Gasteiger partial charge < -0.3 is 9.09 Å². The van der Waals surface area contributed by atoms with Gasteiger partial charge in [0.25, 0.3) is 0 Å². The highest BCUT2D eigenvalue weighted by atomic mass is 32.2. The number of hydrogen-bond donors (Lipinski definition) is 1. The molecule has 0 aliphatic rings. The molecular formula is C18H18N4O3S2. The minimum atomic E-state index is -3.61. The Bertz CT molecular complexity index is 1230. The zero-order valence-corrected chi connectivity index (χ0v) is 16.7. The van der Waals surface area contributed by atoms with Crippen molar-refractivity contribution in [2.75, 3.05) is 0 Å². The topological polar surface area (TPSA) is 90.0 Å². The molecule has 0 aliphatic heterocycles. The van der Waals surface area contributed by atoms with Crippen LogP contribution in [0.15, 0.2) is 45.1 Å². The Morgan fingerprint density at radius 2 is 2.00 bits per heavy atom. The lowest BCUT2D eigenvalue weighted by molar-refractivity contribution is 0.428. The SMILES string of the molecule is Cc1cc(-c2ccc(S(=O)(=O)NCc3ccc4c(c3)nc(C)n4C)s2)on1. The maximum Gasteiger partial charge on any atom is 0.250 e. The van der Waals surface area contributed by atoms with Crippen LogP contribution in [0.2, 0.25) is 0 Å². The predicted molar refractivity (Wildman–Crippen MR) is 104 cm³/mol. The first-order valence-corrected chi connectivity index (χ1v) is 10.6. The van der Waals surface area contributed by atoms with Crippen molar-refractivity contribution in [3.63, 3.8) is 0 Å². The van der Waals surface area contributed by atoms with Gasteiger partial charge in [0, 0.05) is 19.7 Å². The molecule has 0 aliphatic carbocycles. The first-order chi connectivity index (χ1) is 12.8. The first-order valence-electron chi connectivity index (χ1n) is 8.28. The van der Waals surface area contributed by atoms with Crippen molar-refractivity contribution >= 4 is 32.4 Å². The third-order valence-electron chi connectivity index (χ3n) is 4.35. The van der Waals surface area contributed by atoms with Gasteiger partial charge in [-0.1, -0.05) is 11.2 Å². The lowest BCUT2D eigenvalue weighted by Crippen LogP contribution is -2.22. The largest absolute Gasteiger partial charge is 0.355 e. The van der Waals surface area contributed by atoms with Gasteiger partial charge in [-0.15, -0.1) is 11.3 Å². The average molecular weight is 403 g/mol. The molecule has 4 aromatic rings. The Morgan fingerprint density at radius 1 is 1.19 bits per heavy atom. The number of hydrogen-bond acceptors (Lipinski definition) is 6. The van der Waals surface area contributed by atoms with E-state index in [9.17, 15) is 8.42 Å². The quantitative estimate of drug-likeness (QED) is 0.553. The summed E-state index contributed by atoms with van der Waals surface area (Å²) in [6.07, 6.45) is 0. The Kier molecular flexibility index (Phi) is 4.37. The van der Waals surface area contributed by atoms with Gasteiger partial charge in [-0.2, -0.15) is 0 Å². The van der Waals surface area contributed by atoms with E-state index in [1.54, 1.807) is 18.2 Å². The maximum atomic E-state index is 12.6. The third-order valence-corrected chi connectivity index (χ3v) is 7.35. The van der Waals surface area contributed by atoms with Crippen molar-refractivity contribution in [2.45, 2.75) is 24.6 Å². The molecule has 0 saturated heterocycles. The molecule has 0 amide bonds. The summed E-state index contributed by atoms with van der Waals surface area (Å²) in [5, 5.41) is 3.83. The predicted octanol–water partition coefficient (Wildman–Crippen LogP) is 3.39. The number of nitrogens with one attached hydrogen (secondary N) is 1. The molecule has 3 aromatic heterocycles. The minimum absolute atomic E-state index is 0.197. The Morgan fingerprint density at radius 3 is 2.74 bits per heavy atom. The van der Waals surface area contributed by atoms with E-state index in [4.69, 9.17) is 4.52 Å². The summed E-state index contributed by atoms with van der Waals surface area (Å²) in [6.45, 7) is 3.95. The van der Waals surface area contributed by atoms with Crippen LogP contribution in [0, 0.1) is 13.8 Å². The van der Waals surface area contributed by atoms with E-state index in [1.807, 2.05) is 43.7 Å². The molecule has 0 fully saturated rings. The van der Waals surface area contributed by atoms with E-state index < -0.39 is 10.0 Å². The number of aromatic nitrogens is 3. The van der Waals surface area contributed by atoms with Crippen LogP contribution in [0.3, 0.4) is 0 Å². The molecule has 0 bridgehead atoms. The summed E-state index contributed by atoms with van der Waals surface area (Å²) < 4.78 is 35.3. The smallest absolute Gasteiger partial charge is 0.250 e. The second kappa shape index (κ2) is 6.59. The summed E-state index contributed by atoms with van der Waals surface area (Å²) in [4.78, 5) is 5.21. The molecule has 0 spiro atoms. The van der Waals surface area contributed by atoms with Crippen LogP contribution in [0.5, 0.6) is 0 Å². The molecule has 0 radical (unpaired) electrons. The number of aryl methyl sites for hydroxylation is 3. The molecule has 0 unspecified atom stereocenters. The number of rotatable bonds is 5. The van der Waals surface area contributed by atoms with E-state index in [0.717, 1.165) is 44.3 Å². The summed E-state index contributed by atoms with van der Waals surface area (Å²) >= 11 is 1.15. The van der Waals surface area contributed by atoms with E-state index in [1.165, 1.54) is 0 Å². The van der Waals surface area contributed by atoms with Gasteiger partial charge in [0.1, 0.15) is 10.0 Å². The summed E-state index contributed by atoms with van der Waals surface area (Å²) in [5.41, 5.74) is 3.48. The highest BCUT2D eigenvalue weighted by molar-refractivity contribution is 7.91. The van der Waals surface area contributed by atoms with Crippen LogP contribution in [-0.2, 0) is 23.6 Å². The number of thiophene rings is 1. The Hall–Kier alpha value is -2.49. The van der Waals surface area contributed by atoms with Gasteiger partial charge in [-0.05, 0) is 43.7 Å². The van der Waals surface area contributed by atoms with E-state index >= 15 is 0 Å². The summed E-state index contributed by atoms with van der Waals surface area (Å²) in [6, 6.07) is 10.8. The van der Waals surface area contributed by atoms with Crippen LogP contribution in [-0.4, -0.2) is 23.1 Å². The second-order valence-electron chi connectivity index (χ2n) is 6.32. The van der Waals surface area contributed by atoms with Crippen LogP contribution in [0.25, 0.3) is 21.7 Å². The van der Waals surface area contributed by atoms with Gasteiger partial charge in [-0.25, -0.2) is 18.1 Å². The van der Waals surface area contributed by atoms with Crippen LogP contribution in [0.4, 0.5) is 0 Å². The maximum absolute atomic E-state index is 12.6. The lowest BCUT2D eigenvalue weighted by Gasteiger charge is -2.05. The number of sulfonamides is 1. The number of benzene rings is 1. The Balaban J connectivity index is 1.53. The lowest BCUT2D eigenvalue weighted by atomic mass is 10.2. The van der Waals surface area contributed by atoms with Crippen molar-refractivity contribution in [2.24, 2.45) is 7.05 Å². The highest BCUT2D eigenvalue weighted by Gasteiger charge is 2.18. The minimum Gasteiger partial charge on any atom is -0.355 e. The fourth-order valence-corrected chi connectivity index (χ4v) is 5.12. The number of imidazole rings is 1. The third kappa shape index (κ3) is 3.41. The van der Waals surface area contributed by atoms with Gasteiger partial charge >= 0.3 is 0 Å². The fraction of sp³-hybridized carbons (Fsp3) is 0.222. The van der Waals surface area contributed by atoms with Crippen LogP contribution < -0.4 is 4.72 Å². The molecule has 1 aromatic carbocycles. The number of fused-ring (bicyclic) bond motifs is 1. The zero-order valence-electron chi connectivity index (χ0n) is 15.1. The molecule has 0 atom stereocenters. The van der Waals surface area contributed by atoms with Crippen molar-refractivity contribution in [1.29, 1.82) is 0 Å². The van der Waals surface area contributed by atoms with Gasteiger partial charge in [0.2, 0.25) is 10.0 Å². The molecule has 7 nitrogen and oxygen atoms in total. The highest BCUT2D eigenvalue weighted by Crippen LogP contribution is 2.31. The average Bonchev–Trinajstić information content (AvgIpc) is 3.34. The standard InChI is InChI=1S/C18H18N4O3S2/c1-11-8-16(25-21-11)17-6-7-18(26-17)27(23,24)19-10-13-4-5-15-14(9-13)20-12(2)22(15)3/h4-9,19H,10H2,1-3H3. The molecule has 9 heteroatoms. The molecule has 4 rings (SSSR count). The van der Waals surface area contributed by atoms with Crippen molar-refractivity contribution < 1.29 is 12.9 Å². The van der Waals surface area contributed by atoms with Crippen LogP contribution >= 0.6 is 11.3 Å². The van der Waals surface area contributed by atoms with E-state index in [2.05, 4.69) is 14.9 Å². The van der Waals surface area contributed by atoms with Gasteiger partial charge in [-0.3, -0.25) is 0 Å². The zero-order chi connectivity index (χ0) is 19.2. The summed E-state index contributed by atoms with van der Waals surface area (Å²) in [7, 11) is -1.66. The van der Waals surface area contributed by atoms with Crippen LogP contribution in [0.1, 0.15) is 17.1 Å². The molecule has 140 valence electrons. The van der Waals surface area contributed by atoms with Crippen molar-refractivity contribution in [3.8, 4) is 10.6 Å². The molecule has 1 N–H and O–H groups in total. The molecule has 27 heavy (non-hydrogen) atoms. The summed E-state index contributed by atoms with van der Waals surface area (Å²) in [5.74, 6) is 1.48.